The van der Waals surface area contributed by atoms with Crippen molar-refractivity contribution in [2.75, 3.05) is 30.1 Å². The normalized spacial score (nSPS) is 14.8. The minimum absolute atomic E-state index is 0.140. The van der Waals surface area contributed by atoms with Crippen molar-refractivity contribution in [3.63, 3.8) is 0 Å². The van der Waals surface area contributed by atoms with E-state index in [1.807, 2.05) is 24.3 Å². The SMILES string of the molecule is O=C(NCC(c1ccco1)N1CCc2ccccc21)C(=O)Nc1ccc2c(c1)OCO2. The molecule has 0 fully saturated rings. The smallest absolute Gasteiger partial charge is 0.313 e. The maximum Gasteiger partial charge on any atom is 0.313 e. The first-order valence-electron chi connectivity index (χ1n) is 10.1. The molecule has 2 aromatic carbocycles. The summed E-state index contributed by atoms with van der Waals surface area (Å²) < 4.78 is 16.2. The van der Waals surface area contributed by atoms with Crippen LogP contribution in [0.25, 0.3) is 0 Å². The van der Waals surface area contributed by atoms with E-state index in [-0.39, 0.29) is 19.4 Å². The van der Waals surface area contributed by atoms with Crippen LogP contribution >= 0.6 is 0 Å². The fourth-order valence-electron chi connectivity index (χ4n) is 3.96. The molecule has 1 aromatic heterocycles. The van der Waals surface area contributed by atoms with Gasteiger partial charge in [-0.1, -0.05) is 18.2 Å². The van der Waals surface area contributed by atoms with Gasteiger partial charge < -0.3 is 29.4 Å². The minimum Gasteiger partial charge on any atom is -0.467 e. The van der Waals surface area contributed by atoms with E-state index in [1.165, 1.54) is 5.56 Å². The molecule has 5 rings (SSSR count). The minimum atomic E-state index is -0.751. The number of rotatable bonds is 5. The number of carbonyl (C=O) groups is 2. The number of nitrogens with one attached hydrogen (secondary N) is 2. The van der Waals surface area contributed by atoms with Gasteiger partial charge in [-0.3, -0.25) is 9.59 Å². The predicted octanol–water partition coefficient (Wildman–Crippen LogP) is 2.87. The Labute approximate surface area is 178 Å². The van der Waals surface area contributed by atoms with E-state index in [9.17, 15) is 9.59 Å². The van der Waals surface area contributed by atoms with Crippen molar-refractivity contribution in [2.24, 2.45) is 0 Å². The van der Waals surface area contributed by atoms with Crippen LogP contribution in [0.15, 0.2) is 65.3 Å². The second kappa shape index (κ2) is 8.06. The van der Waals surface area contributed by atoms with Crippen molar-refractivity contribution >= 4 is 23.2 Å². The molecule has 0 saturated heterocycles. The highest BCUT2D eigenvalue weighted by molar-refractivity contribution is 6.39. The van der Waals surface area contributed by atoms with Crippen LogP contribution in [0.2, 0.25) is 0 Å². The lowest BCUT2D eigenvalue weighted by Crippen LogP contribution is -2.41. The Morgan fingerprint density at radius 1 is 1.00 bits per heavy atom. The van der Waals surface area contributed by atoms with Gasteiger partial charge in [0.1, 0.15) is 11.8 Å². The molecule has 8 heteroatoms. The topological polar surface area (TPSA) is 93.0 Å². The molecule has 2 amide bonds. The average molecular weight is 419 g/mol. The van der Waals surface area contributed by atoms with Gasteiger partial charge in [-0.15, -0.1) is 0 Å². The third kappa shape index (κ3) is 3.79. The Morgan fingerprint density at radius 2 is 1.87 bits per heavy atom. The van der Waals surface area contributed by atoms with Gasteiger partial charge >= 0.3 is 11.8 Å². The molecular formula is C23H21N3O5. The molecule has 2 aliphatic heterocycles. The van der Waals surface area contributed by atoms with Crippen LogP contribution in [0.3, 0.4) is 0 Å². The number of nitrogens with zero attached hydrogens (tertiary/aromatic N) is 1. The second-order valence-electron chi connectivity index (χ2n) is 7.34. The lowest BCUT2D eigenvalue weighted by atomic mass is 10.1. The molecule has 2 N–H and O–H groups in total. The van der Waals surface area contributed by atoms with Crippen LogP contribution in [0.4, 0.5) is 11.4 Å². The summed E-state index contributed by atoms with van der Waals surface area (Å²) in [4.78, 5) is 27.1. The monoisotopic (exact) mass is 419 g/mol. The van der Waals surface area contributed by atoms with Gasteiger partial charge in [-0.05, 0) is 42.3 Å². The summed E-state index contributed by atoms with van der Waals surface area (Å²) >= 11 is 0. The Hall–Kier alpha value is -3.94. The summed E-state index contributed by atoms with van der Waals surface area (Å²) in [5.74, 6) is 0.396. The third-order valence-electron chi connectivity index (χ3n) is 5.46. The molecule has 0 radical (unpaired) electrons. The van der Waals surface area contributed by atoms with Gasteiger partial charge in [0.25, 0.3) is 0 Å². The number of para-hydroxylation sites is 1. The summed E-state index contributed by atoms with van der Waals surface area (Å²) in [5.41, 5.74) is 2.83. The fourth-order valence-corrected chi connectivity index (χ4v) is 3.96. The Balaban J connectivity index is 1.26. The van der Waals surface area contributed by atoms with Gasteiger partial charge in [-0.25, -0.2) is 0 Å². The number of amides is 2. The van der Waals surface area contributed by atoms with Gasteiger partial charge in [-0.2, -0.15) is 0 Å². The average Bonchev–Trinajstić information content (AvgIpc) is 3.55. The maximum atomic E-state index is 12.5. The molecule has 8 nitrogen and oxygen atoms in total. The van der Waals surface area contributed by atoms with E-state index in [4.69, 9.17) is 13.9 Å². The Bertz CT molecular complexity index is 1110. The standard InChI is InChI=1S/C23H21N3O5/c27-22(23(28)25-16-7-8-20-21(12-16)31-14-30-20)24-13-18(19-6-3-11-29-19)26-10-9-15-4-1-2-5-17(15)26/h1-8,11-12,18H,9-10,13-14H2,(H,24,27)(H,25,28). The molecule has 0 aliphatic carbocycles. The van der Waals surface area contributed by atoms with Crippen molar-refractivity contribution in [1.29, 1.82) is 0 Å². The molecule has 3 aromatic rings. The highest BCUT2D eigenvalue weighted by atomic mass is 16.7. The lowest BCUT2D eigenvalue weighted by molar-refractivity contribution is -0.136. The zero-order valence-corrected chi connectivity index (χ0v) is 16.7. The van der Waals surface area contributed by atoms with E-state index in [0.29, 0.717) is 17.2 Å². The van der Waals surface area contributed by atoms with Crippen molar-refractivity contribution in [1.82, 2.24) is 5.32 Å². The first-order chi connectivity index (χ1) is 15.2. The predicted molar refractivity (Wildman–Crippen MR) is 113 cm³/mol. The molecule has 158 valence electrons. The van der Waals surface area contributed by atoms with Crippen LogP contribution in [0.5, 0.6) is 11.5 Å². The Kier molecular flexibility index (Phi) is 4.95. The summed E-state index contributed by atoms with van der Waals surface area (Å²) in [6, 6.07) is 16.6. The maximum absolute atomic E-state index is 12.5. The van der Waals surface area contributed by atoms with Crippen LogP contribution in [0.1, 0.15) is 17.4 Å². The van der Waals surface area contributed by atoms with Crippen molar-refractivity contribution in [3.8, 4) is 11.5 Å². The molecule has 3 heterocycles. The van der Waals surface area contributed by atoms with Crippen LogP contribution in [-0.2, 0) is 16.0 Å². The largest absolute Gasteiger partial charge is 0.467 e. The zero-order valence-electron chi connectivity index (χ0n) is 16.7. The van der Waals surface area contributed by atoms with Crippen molar-refractivity contribution in [3.05, 3.63) is 72.2 Å². The molecular weight excluding hydrogens is 398 g/mol. The zero-order chi connectivity index (χ0) is 21.2. The van der Waals surface area contributed by atoms with E-state index in [2.05, 4.69) is 27.7 Å². The number of ether oxygens (including phenoxy) is 2. The summed E-state index contributed by atoms with van der Waals surface area (Å²) in [6.07, 6.45) is 2.53. The first-order valence-corrected chi connectivity index (χ1v) is 10.1. The van der Waals surface area contributed by atoms with Crippen LogP contribution in [-0.4, -0.2) is 31.7 Å². The first kappa shape index (κ1) is 19.0. The Morgan fingerprint density at radius 3 is 2.74 bits per heavy atom. The van der Waals surface area contributed by atoms with E-state index in [0.717, 1.165) is 24.4 Å². The van der Waals surface area contributed by atoms with E-state index < -0.39 is 11.8 Å². The lowest BCUT2D eigenvalue weighted by Gasteiger charge is -2.29. The molecule has 0 saturated carbocycles. The number of hydrogen-bond donors (Lipinski definition) is 2. The number of benzene rings is 2. The molecule has 1 unspecified atom stereocenters. The molecule has 1 atom stereocenters. The molecule has 0 spiro atoms. The van der Waals surface area contributed by atoms with Crippen molar-refractivity contribution < 1.29 is 23.5 Å². The number of anilines is 2. The van der Waals surface area contributed by atoms with Gasteiger partial charge in [0, 0.05) is 30.5 Å². The third-order valence-corrected chi connectivity index (χ3v) is 5.46. The molecule has 0 bridgehead atoms. The summed E-state index contributed by atoms with van der Waals surface area (Å²) in [6.45, 7) is 1.18. The summed E-state index contributed by atoms with van der Waals surface area (Å²) in [7, 11) is 0. The summed E-state index contributed by atoms with van der Waals surface area (Å²) in [5, 5.41) is 5.33. The van der Waals surface area contributed by atoms with Gasteiger partial charge in [0.15, 0.2) is 11.5 Å². The molecule has 2 aliphatic rings. The highest BCUT2D eigenvalue weighted by Crippen LogP contribution is 2.35. The fraction of sp³-hybridized carbons (Fsp3) is 0.217. The second-order valence-corrected chi connectivity index (χ2v) is 7.34. The van der Waals surface area contributed by atoms with Crippen molar-refractivity contribution in [2.45, 2.75) is 12.5 Å². The number of hydrogen-bond acceptors (Lipinski definition) is 6. The number of carbonyl (C=O) groups excluding carboxylic acids is 2. The number of furan rings is 1. The van der Waals surface area contributed by atoms with E-state index in [1.54, 1.807) is 24.5 Å². The van der Waals surface area contributed by atoms with Crippen LogP contribution < -0.4 is 25.0 Å². The van der Waals surface area contributed by atoms with Gasteiger partial charge in [0.2, 0.25) is 6.79 Å². The van der Waals surface area contributed by atoms with E-state index >= 15 is 0 Å². The highest BCUT2D eigenvalue weighted by Gasteiger charge is 2.29. The van der Waals surface area contributed by atoms with Crippen LogP contribution in [0, 0.1) is 0 Å². The quantitative estimate of drug-likeness (QED) is 0.618. The number of fused-ring (bicyclic) bond motifs is 2. The molecule has 31 heavy (non-hydrogen) atoms. The van der Waals surface area contributed by atoms with Gasteiger partial charge in [0.05, 0.1) is 6.26 Å².